The highest BCUT2D eigenvalue weighted by molar-refractivity contribution is 6.32. The summed E-state index contributed by atoms with van der Waals surface area (Å²) in [6, 6.07) is 0. The number of nitrogens with two attached hydrogens (primary N) is 1. The molecule has 1 heterocycles. The number of halogens is 1. The summed E-state index contributed by atoms with van der Waals surface area (Å²) in [4.78, 5) is 19.1. The largest absolute Gasteiger partial charge is 0.409 e. The Hall–Kier alpha value is -1.76. The smallest absolute Gasteiger partial charge is 0.271 e. The van der Waals surface area contributed by atoms with Gasteiger partial charge in [0.25, 0.3) is 5.56 Å². The Labute approximate surface area is 96.5 Å². The van der Waals surface area contributed by atoms with Crippen LogP contribution in [0.3, 0.4) is 0 Å². The predicted molar refractivity (Wildman–Crippen MR) is 61.2 cm³/mol. The van der Waals surface area contributed by atoms with Crippen LogP contribution < -0.4 is 16.2 Å². The summed E-state index contributed by atoms with van der Waals surface area (Å²) in [6.45, 7) is 0.437. The Bertz CT molecular complexity index is 444. The number of nitrogens with zero attached hydrogens (tertiary/aromatic N) is 3. The average Bonchev–Trinajstić information content (AvgIpc) is 2.29. The molecule has 0 aliphatic carbocycles. The Morgan fingerprint density at radius 2 is 2.50 bits per heavy atom. The molecule has 0 aliphatic heterocycles. The fourth-order valence-corrected chi connectivity index (χ4v) is 1.33. The van der Waals surface area contributed by atoms with Crippen LogP contribution in [-0.2, 0) is 0 Å². The molecule has 0 amide bonds. The average molecular weight is 246 g/mol. The van der Waals surface area contributed by atoms with Gasteiger partial charge in [-0.05, 0) is 0 Å². The van der Waals surface area contributed by atoms with Gasteiger partial charge in [0.1, 0.15) is 10.9 Å². The maximum atomic E-state index is 11.2. The summed E-state index contributed by atoms with van der Waals surface area (Å²) < 4.78 is 0. The summed E-state index contributed by atoms with van der Waals surface area (Å²) in [5.74, 6) is 0.462. The molecule has 8 heteroatoms. The summed E-state index contributed by atoms with van der Waals surface area (Å²) in [5, 5.41) is 11.2. The van der Waals surface area contributed by atoms with Gasteiger partial charge in [-0.25, -0.2) is 4.98 Å². The molecule has 0 unspecified atom stereocenters. The second-order valence-electron chi connectivity index (χ2n) is 3.13. The Morgan fingerprint density at radius 3 is 3.12 bits per heavy atom. The number of anilines is 1. The number of hydrogen-bond donors (Lipinski definition) is 3. The van der Waals surface area contributed by atoms with Crippen molar-refractivity contribution in [2.24, 2.45) is 10.9 Å². The Balaban J connectivity index is 2.77. The van der Waals surface area contributed by atoms with Crippen molar-refractivity contribution < 1.29 is 5.21 Å². The second kappa shape index (κ2) is 5.36. The lowest BCUT2D eigenvalue weighted by molar-refractivity contribution is 0.317. The molecule has 0 saturated heterocycles. The van der Waals surface area contributed by atoms with Crippen LogP contribution in [0.25, 0.3) is 0 Å². The van der Waals surface area contributed by atoms with Gasteiger partial charge in [-0.2, -0.15) is 0 Å². The molecule has 0 aromatic carbocycles. The van der Waals surface area contributed by atoms with Crippen molar-refractivity contribution in [2.75, 3.05) is 18.5 Å². The number of H-pyrrole nitrogens is 1. The third-order valence-corrected chi connectivity index (χ3v) is 2.31. The Kier molecular flexibility index (Phi) is 4.12. The van der Waals surface area contributed by atoms with E-state index in [1.54, 1.807) is 11.9 Å². The monoisotopic (exact) mass is 245 g/mol. The van der Waals surface area contributed by atoms with E-state index in [-0.39, 0.29) is 10.9 Å². The third kappa shape index (κ3) is 2.86. The van der Waals surface area contributed by atoms with E-state index in [2.05, 4.69) is 15.1 Å². The van der Waals surface area contributed by atoms with Crippen LogP contribution in [0, 0.1) is 0 Å². The van der Waals surface area contributed by atoms with Crippen LogP contribution in [0.5, 0.6) is 0 Å². The number of rotatable bonds is 4. The number of hydrogen-bond acceptors (Lipinski definition) is 5. The van der Waals surface area contributed by atoms with Crippen molar-refractivity contribution in [3.05, 3.63) is 21.7 Å². The first-order valence-corrected chi connectivity index (χ1v) is 4.84. The van der Waals surface area contributed by atoms with Crippen LogP contribution in [0.15, 0.2) is 16.3 Å². The maximum absolute atomic E-state index is 11.2. The molecule has 16 heavy (non-hydrogen) atoms. The van der Waals surface area contributed by atoms with Crippen LogP contribution in [0.4, 0.5) is 5.82 Å². The normalized spacial score (nSPS) is 11.5. The predicted octanol–water partition coefficient (Wildman–Crippen LogP) is -0.00400. The first-order valence-electron chi connectivity index (χ1n) is 4.47. The zero-order valence-corrected chi connectivity index (χ0v) is 9.40. The molecule has 0 atom stereocenters. The Morgan fingerprint density at radius 1 is 1.81 bits per heavy atom. The molecular weight excluding hydrogens is 234 g/mol. The van der Waals surface area contributed by atoms with Gasteiger partial charge in [0.2, 0.25) is 0 Å². The molecule has 0 saturated carbocycles. The number of aromatic amines is 1. The third-order valence-electron chi connectivity index (χ3n) is 1.97. The minimum atomic E-state index is -0.401. The number of aromatic nitrogens is 2. The summed E-state index contributed by atoms with van der Waals surface area (Å²) >= 11 is 5.78. The van der Waals surface area contributed by atoms with Gasteiger partial charge in [0.15, 0.2) is 5.82 Å². The van der Waals surface area contributed by atoms with Crippen molar-refractivity contribution >= 4 is 23.3 Å². The summed E-state index contributed by atoms with van der Waals surface area (Å²) in [5.41, 5.74) is 4.92. The molecule has 0 aliphatic rings. The molecule has 7 nitrogen and oxygen atoms in total. The number of amidine groups is 1. The van der Waals surface area contributed by atoms with Crippen molar-refractivity contribution in [1.29, 1.82) is 0 Å². The molecule has 0 spiro atoms. The van der Waals surface area contributed by atoms with Crippen molar-refractivity contribution in [2.45, 2.75) is 6.42 Å². The zero-order valence-electron chi connectivity index (χ0n) is 8.64. The van der Waals surface area contributed by atoms with Crippen LogP contribution in [-0.4, -0.2) is 34.6 Å². The maximum Gasteiger partial charge on any atom is 0.271 e. The molecule has 1 aromatic rings. The van der Waals surface area contributed by atoms with E-state index in [0.29, 0.717) is 18.8 Å². The van der Waals surface area contributed by atoms with E-state index in [1.807, 2.05) is 0 Å². The van der Waals surface area contributed by atoms with E-state index in [9.17, 15) is 4.79 Å². The highest BCUT2D eigenvalue weighted by Crippen LogP contribution is 2.16. The lowest BCUT2D eigenvalue weighted by atomic mass is 10.3. The van der Waals surface area contributed by atoms with Gasteiger partial charge in [-0.1, -0.05) is 16.8 Å². The lowest BCUT2D eigenvalue weighted by Crippen LogP contribution is -2.27. The molecular formula is C8H12ClN5O2. The second-order valence-corrected chi connectivity index (χ2v) is 3.51. The first kappa shape index (κ1) is 12.3. The summed E-state index contributed by atoms with van der Waals surface area (Å²) in [6.07, 6.45) is 1.61. The molecule has 0 bridgehead atoms. The van der Waals surface area contributed by atoms with E-state index in [0.717, 1.165) is 0 Å². The SMILES string of the molecule is CN(CCC(N)=NO)c1nc[nH]c(=O)c1Cl. The van der Waals surface area contributed by atoms with E-state index < -0.39 is 5.56 Å². The molecule has 1 rings (SSSR count). The standard InChI is InChI=1S/C8H12ClN5O2/c1-14(3-2-5(10)13-16)7-6(9)8(15)12-4-11-7/h4,16H,2-3H2,1H3,(H2,10,13)(H,11,12,15). The van der Waals surface area contributed by atoms with Crippen LogP contribution in [0.2, 0.25) is 5.02 Å². The topological polar surface area (TPSA) is 108 Å². The minimum Gasteiger partial charge on any atom is -0.409 e. The van der Waals surface area contributed by atoms with Gasteiger partial charge >= 0.3 is 0 Å². The number of nitrogens with one attached hydrogen (secondary N) is 1. The summed E-state index contributed by atoms with van der Waals surface area (Å²) in [7, 11) is 1.71. The van der Waals surface area contributed by atoms with Gasteiger partial charge in [0.05, 0.1) is 6.33 Å². The first-order chi connectivity index (χ1) is 7.56. The van der Waals surface area contributed by atoms with Crippen LogP contribution in [0.1, 0.15) is 6.42 Å². The minimum absolute atomic E-state index is 0.0181. The molecule has 88 valence electrons. The van der Waals surface area contributed by atoms with Crippen LogP contribution >= 0.6 is 11.6 Å². The van der Waals surface area contributed by atoms with E-state index >= 15 is 0 Å². The highest BCUT2D eigenvalue weighted by atomic mass is 35.5. The van der Waals surface area contributed by atoms with Gasteiger partial charge in [0, 0.05) is 20.0 Å². The van der Waals surface area contributed by atoms with E-state index in [1.165, 1.54) is 6.33 Å². The lowest BCUT2D eigenvalue weighted by Gasteiger charge is -2.17. The fraction of sp³-hybridized carbons (Fsp3) is 0.375. The van der Waals surface area contributed by atoms with E-state index in [4.69, 9.17) is 22.5 Å². The van der Waals surface area contributed by atoms with Gasteiger partial charge in [-0.15, -0.1) is 0 Å². The number of oxime groups is 1. The zero-order chi connectivity index (χ0) is 12.1. The van der Waals surface area contributed by atoms with Gasteiger partial charge < -0.3 is 20.8 Å². The molecule has 0 fully saturated rings. The van der Waals surface area contributed by atoms with Crippen molar-refractivity contribution in [1.82, 2.24) is 9.97 Å². The quantitative estimate of drug-likeness (QED) is 0.299. The van der Waals surface area contributed by atoms with Crippen molar-refractivity contribution in [3.63, 3.8) is 0 Å². The van der Waals surface area contributed by atoms with Gasteiger partial charge in [-0.3, -0.25) is 4.79 Å². The molecule has 0 radical (unpaired) electrons. The molecule has 1 aromatic heterocycles. The fourth-order valence-electron chi connectivity index (χ4n) is 1.08. The van der Waals surface area contributed by atoms with Crippen molar-refractivity contribution in [3.8, 4) is 0 Å². The molecule has 4 N–H and O–H groups in total. The highest BCUT2D eigenvalue weighted by Gasteiger charge is 2.10.